The van der Waals surface area contributed by atoms with Crippen molar-refractivity contribution in [3.63, 3.8) is 0 Å². The summed E-state index contributed by atoms with van der Waals surface area (Å²) in [5.74, 6) is -12.8. The van der Waals surface area contributed by atoms with Crippen LogP contribution >= 0.6 is 0 Å². The maximum atomic E-state index is 14.2. The second-order valence-electron chi connectivity index (χ2n) is 23.2. The van der Waals surface area contributed by atoms with Crippen molar-refractivity contribution in [2.75, 3.05) is 171 Å². The zero-order valence-electron chi connectivity index (χ0n) is 55.1. The zero-order chi connectivity index (χ0) is 70.9. The summed E-state index contributed by atoms with van der Waals surface area (Å²) in [6.07, 6.45) is -0.0450. The Morgan fingerprint density at radius 2 is 0.646 bits per heavy atom. The quantitative estimate of drug-likeness (QED) is 0.0318. The molecule has 34 nitrogen and oxygen atoms in total. The van der Waals surface area contributed by atoms with Gasteiger partial charge < -0.3 is 79.5 Å². The summed E-state index contributed by atoms with van der Waals surface area (Å²) in [5.41, 5.74) is 10.2. The van der Waals surface area contributed by atoms with Gasteiger partial charge in [0.25, 0.3) is 23.6 Å². The van der Waals surface area contributed by atoms with Crippen molar-refractivity contribution in [1.82, 2.24) is 71.5 Å². The molecule has 2 saturated heterocycles. The van der Waals surface area contributed by atoms with E-state index >= 15 is 0 Å². The number of aliphatic carboxylic acids is 6. The second kappa shape index (κ2) is 42.3. The molecule has 538 valence electrons. The second-order valence-corrected chi connectivity index (χ2v) is 23.2. The van der Waals surface area contributed by atoms with Crippen molar-refractivity contribution < 1.29 is 178 Å². The van der Waals surface area contributed by atoms with Gasteiger partial charge in [-0.3, -0.25) is 89.7 Å². The maximum Gasteiger partial charge on any atom is 3.00 e. The van der Waals surface area contributed by atoms with Gasteiger partial charge in [0.2, 0.25) is 11.8 Å². The average molecular weight is 1670 g/mol. The van der Waals surface area contributed by atoms with Crippen molar-refractivity contribution in [3.8, 4) is 11.5 Å². The molecule has 0 aliphatic carbocycles. The summed E-state index contributed by atoms with van der Waals surface area (Å²) in [4.78, 5) is 164. The normalized spacial score (nSPS) is 16.4. The predicted molar refractivity (Wildman–Crippen MR) is 332 cm³/mol. The number of rotatable bonds is 26. The molecule has 0 bridgehead atoms. The maximum absolute atomic E-state index is 14.2. The number of carbonyl (C=O) groups excluding carboxylic acids is 12. The summed E-state index contributed by atoms with van der Waals surface area (Å²) in [6.45, 7) is 0.170. The number of nitrogens with zero attached hydrogens (tertiary/aromatic N) is 8. The Morgan fingerprint density at radius 1 is 0.394 bits per heavy atom. The molecule has 99 heavy (non-hydrogen) atoms. The van der Waals surface area contributed by atoms with Crippen LogP contribution < -0.4 is 72.4 Å². The molecule has 2 radical (unpaired) electrons. The third-order valence-electron chi connectivity index (χ3n) is 16.7. The first-order chi connectivity index (χ1) is 46.2. The Morgan fingerprint density at radius 3 is 0.899 bits per heavy atom. The first-order valence-electron chi connectivity index (χ1n) is 31.2. The van der Waals surface area contributed by atoms with Crippen LogP contribution in [0.1, 0.15) is 45.7 Å². The molecule has 6 N–H and O–H groups in total. The van der Waals surface area contributed by atoms with Gasteiger partial charge in [-0.1, -0.05) is 48.5 Å². The first kappa shape index (κ1) is 84.4. The molecule has 2 unspecified atom stereocenters. The number of methoxy groups -OCH3 is 2. The van der Waals surface area contributed by atoms with E-state index in [1.165, 1.54) is 57.5 Å². The van der Waals surface area contributed by atoms with Crippen molar-refractivity contribution in [2.45, 2.75) is 32.4 Å². The largest absolute Gasteiger partial charge is 3.00 e. The van der Waals surface area contributed by atoms with Crippen molar-refractivity contribution in [2.24, 2.45) is 0 Å². The summed E-state index contributed by atoms with van der Waals surface area (Å²) in [5, 5.41) is 77.1. The summed E-state index contributed by atoms with van der Waals surface area (Å²) in [6, 6.07) is 15.2. The summed E-state index contributed by atoms with van der Waals surface area (Å²) < 4.78 is 11.9. The van der Waals surface area contributed by atoms with Gasteiger partial charge >= 0.3 is 79.9 Å². The Hall–Kier alpha value is -7.03. The fourth-order valence-electron chi connectivity index (χ4n) is 11.5. The van der Waals surface area contributed by atoms with Crippen LogP contribution in [0.4, 0.5) is 0 Å². The molecule has 2 aliphatic heterocycles. The smallest absolute Gasteiger partial charge is 0.549 e. The van der Waals surface area contributed by atoms with Crippen LogP contribution in [0.2, 0.25) is 0 Å². The van der Waals surface area contributed by atoms with Crippen LogP contribution in [0, 0.1) is 79.9 Å². The Bertz CT molecular complexity index is 3230. The molecular weight excluding hydrogens is 1590 g/mol. The Balaban J connectivity index is 0.0000104. The van der Waals surface area contributed by atoms with Crippen LogP contribution in [0.25, 0.3) is 21.5 Å². The number of hydrogen-bond donors (Lipinski definition) is 6. The number of fused-ring (bicyclic) bond motifs is 2. The fourth-order valence-corrected chi connectivity index (χ4v) is 11.5. The third-order valence-corrected chi connectivity index (χ3v) is 16.7. The van der Waals surface area contributed by atoms with E-state index in [0.29, 0.717) is 32.7 Å². The van der Waals surface area contributed by atoms with E-state index in [1.54, 1.807) is 70.5 Å². The molecule has 36 heteroatoms. The van der Waals surface area contributed by atoms with E-state index in [-0.39, 0.29) is 214 Å². The Labute approximate surface area is 634 Å². The molecular formula is C63H80Gd2N14O20. The van der Waals surface area contributed by atoms with E-state index < -0.39 is 136 Å². The van der Waals surface area contributed by atoms with E-state index in [0.717, 1.165) is 0 Å². The van der Waals surface area contributed by atoms with Gasteiger partial charge in [0.15, 0.2) is 0 Å². The van der Waals surface area contributed by atoms with Crippen LogP contribution in [-0.4, -0.2) is 294 Å². The number of carboxylic acids is 6. The number of amides is 6. The molecule has 4 aromatic carbocycles. The van der Waals surface area contributed by atoms with Gasteiger partial charge in [-0.25, -0.2) is 0 Å². The molecule has 6 rings (SSSR count). The van der Waals surface area contributed by atoms with Gasteiger partial charge in [-0.05, 0) is 47.5 Å². The third kappa shape index (κ3) is 27.1. The van der Waals surface area contributed by atoms with Crippen LogP contribution in [-0.2, 0) is 54.4 Å². The topological polar surface area (TPSA) is 460 Å². The van der Waals surface area contributed by atoms with E-state index in [2.05, 4.69) is 32.3 Å². The van der Waals surface area contributed by atoms with E-state index in [1.807, 2.05) is 0 Å². The number of benzene rings is 4. The molecule has 0 aromatic heterocycles. The molecule has 2 heterocycles. The van der Waals surface area contributed by atoms with Crippen molar-refractivity contribution in [1.29, 1.82) is 0 Å². The molecule has 2 aliphatic rings. The molecule has 2 fully saturated rings. The number of carboxylic acid groups (broad SMARTS) is 6. The van der Waals surface area contributed by atoms with Gasteiger partial charge in [0, 0.05) is 162 Å². The van der Waals surface area contributed by atoms with Gasteiger partial charge in [-0.2, -0.15) is 0 Å². The fraction of sp³-hybridized carbons (Fsp3) is 0.492. The predicted octanol–water partition coefficient (Wildman–Crippen LogP) is -10.9. The number of hydrogen-bond acceptors (Lipinski definition) is 28. The molecule has 4 aromatic rings. The molecule has 6 amide bonds. The minimum Gasteiger partial charge on any atom is -0.549 e. The summed E-state index contributed by atoms with van der Waals surface area (Å²) in [7, 11) is 2.67. The number of hydrazine groups is 2. The van der Waals surface area contributed by atoms with Crippen LogP contribution in [0.5, 0.6) is 11.5 Å². The standard InChI is InChI=1S/C63H86N14O20.2Gd/c1-40(76-25-21-72(36-54(84)85)17-13-70(34-52(80)81)14-18-73(22-26-76)37-55(86)87)60(92)64-32-50(78)66-68-62(94)48-29-42-9-5-7-11-44(42)46(58(48)96-3)31-47-45-12-8-6-10-43(45)30-49(59(47)97-4)63(95)69-67-51(79)33-65-61(93)41(2)77-27-23-74(38-56(88)89)19-15-71(35-53(82)83)16-20-75(24-28-77)39-57(90)91;;/h5-12,29-30,40-41H,13-28,31-39H2,1-4H3,(H,64,92)(H,65,93)(H,66,78)(H,67,79)(H,68,94)(H,69,95)(H,80,81)(H,82,83)(H,84,85)(H,86,87)(H,88,89)(H,90,91);;/q;2*+3/p-6. The zero-order valence-corrected chi connectivity index (χ0v) is 59.6. The molecule has 0 spiro atoms. The SMILES string of the molecule is COc1c(C(=O)NNC(=O)CNC(=O)C(C)N2CCN(CC(=O)[O-])CCN(CC(=O)[O-])CCN(CC(=O)[O-])CC2)cc2ccccc2c1Cc1c(OC)c(C(=O)NNC(=O)CNC(=O)C(C)N2CCN(CC(=O)[O-])CCN(CC(=O)[O-])CCN(CC(=O)[O-])CC2)cc2ccccc12.[Gd+3].[Gd+3]. The van der Waals surface area contributed by atoms with Gasteiger partial charge in [-0.15, -0.1) is 0 Å². The van der Waals surface area contributed by atoms with Crippen LogP contribution in [0.3, 0.4) is 0 Å². The van der Waals surface area contributed by atoms with Crippen LogP contribution in [0.15, 0.2) is 60.7 Å². The van der Waals surface area contributed by atoms with E-state index in [4.69, 9.17) is 9.47 Å². The van der Waals surface area contributed by atoms with Gasteiger partial charge in [0.1, 0.15) is 11.5 Å². The van der Waals surface area contributed by atoms with Crippen molar-refractivity contribution in [3.05, 3.63) is 82.9 Å². The number of carbonyl (C=O) groups is 12. The van der Waals surface area contributed by atoms with E-state index in [9.17, 15) is 88.2 Å². The number of nitrogens with one attached hydrogen (secondary N) is 6. The minimum atomic E-state index is -1.39. The minimum absolute atomic E-state index is 0. The first-order valence-corrected chi connectivity index (χ1v) is 31.2. The monoisotopic (exact) mass is 1670 g/mol. The van der Waals surface area contributed by atoms with Crippen molar-refractivity contribution >= 4 is 92.8 Å². The summed E-state index contributed by atoms with van der Waals surface area (Å²) >= 11 is 0. The molecule has 2 atom stereocenters. The van der Waals surface area contributed by atoms with Gasteiger partial charge in [0.05, 0.1) is 86.3 Å². The molecule has 0 saturated carbocycles. The average Bonchev–Trinajstić information content (AvgIpc) is 0.761. The number of ether oxygens (including phenoxy) is 2. The Kier molecular flexibility index (Phi) is 36.0.